The Morgan fingerprint density at radius 2 is 1.11 bits per heavy atom. The smallest absolute Gasteiger partial charge is 0.144 e. The quantitative estimate of drug-likeness (QED) is 0.332. The number of hydrogen-bond donors (Lipinski definition) is 4. The summed E-state index contributed by atoms with van der Waals surface area (Å²) >= 11 is 0. The van der Waals surface area contributed by atoms with Crippen molar-refractivity contribution in [3.05, 3.63) is 9.81 Å². The molecular weight excluding hydrogens is 263 g/mol. The van der Waals surface area contributed by atoms with E-state index in [0.717, 1.165) is 0 Å². The first kappa shape index (κ1) is 17.5. The Hall–Kier alpha value is -0.530. The molecule has 0 aromatic heterocycles. The van der Waals surface area contributed by atoms with Crippen LogP contribution in [-0.4, -0.2) is 62.6 Å². The fourth-order valence-corrected chi connectivity index (χ4v) is 1.98. The molecule has 0 fully saturated rings. The molecule has 106 valence electrons. The van der Waals surface area contributed by atoms with Gasteiger partial charge in [0.05, 0.1) is 24.4 Å². The van der Waals surface area contributed by atoms with Crippen LogP contribution < -0.4 is 0 Å². The van der Waals surface area contributed by atoms with E-state index in [1.807, 2.05) is 0 Å². The van der Waals surface area contributed by atoms with Crippen LogP contribution in [0.2, 0.25) is 0 Å². The number of nitroso groups, excluding NO2 is 2. The molecule has 0 saturated heterocycles. The summed E-state index contributed by atoms with van der Waals surface area (Å²) in [6.45, 7) is 2.53. The van der Waals surface area contributed by atoms with E-state index in [9.17, 15) is 30.2 Å². The SMILES string of the molecule is CC(O)C(N=O)C(O)C(P)C(O)C(N=O)C(C)O. The monoisotopic (exact) mass is 282 g/mol. The standard InChI is InChI=1S/C9H19N2O6P/c1-3(12)5(10-16)7(14)9(18)8(15)6(11-17)4(2)13/h3-9,12-15H,18H2,1-2H3. The van der Waals surface area contributed by atoms with Crippen LogP contribution in [0.15, 0.2) is 10.4 Å². The first-order chi connectivity index (χ1) is 8.27. The first-order valence-electron chi connectivity index (χ1n) is 5.40. The fourth-order valence-electron chi connectivity index (χ4n) is 1.53. The molecule has 0 aromatic carbocycles. The lowest BCUT2D eigenvalue weighted by molar-refractivity contribution is 0.00798. The maximum absolute atomic E-state index is 10.5. The predicted octanol–water partition coefficient (Wildman–Crippen LogP) is -1.02. The molecule has 18 heavy (non-hydrogen) atoms. The molecule has 4 N–H and O–H groups in total. The normalized spacial score (nSPS) is 23.3. The van der Waals surface area contributed by atoms with Crippen molar-refractivity contribution in [1.82, 2.24) is 0 Å². The molecule has 0 aliphatic carbocycles. The van der Waals surface area contributed by atoms with Crippen molar-refractivity contribution >= 4 is 9.24 Å². The van der Waals surface area contributed by atoms with Crippen molar-refractivity contribution in [3.63, 3.8) is 0 Å². The molecule has 0 radical (unpaired) electrons. The van der Waals surface area contributed by atoms with Gasteiger partial charge in [0.15, 0.2) is 0 Å². The van der Waals surface area contributed by atoms with Gasteiger partial charge in [-0.2, -0.15) is 9.81 Å². The Labute approximate surface area is 107 Å². The third-order valence-corrected chi connectivity index (χ3v) is 3.51. The maximum Gasteiger partial charge on any atom is 0.144 e. The van der Waals surface area contributed by atoms with E-state index >= 15 is 0 Å². The van der Waals surface area contributed by atoms with Gasteiger partial charge in [-0.3, -0.25) is 0 Å². The summed E-state index contributed by atoms with van der Waals surface area (Å²) in [5.74, 6) is 0. The molecule has 0 aromatic rings. The highest BCUT2D eigenvalue weighted by Gasteiger charge is 2.38. The zero-order valence-electron chi connectivity index (χ0n) is 10.1. The molecule has 0 amide bonds. The predicted molar refractivity (Wildman–Crippen MR) is 68.0 cm³/mol. The lowest BCUT2D eigenvalue weighted by Crippen LogP contribution is -2.49. The number of rotatable bonds is 8. The van der Waals surface area contributed by atoms with Gasteiger partial charge in [-0.15, -0.1) is 9.24 Å². The Bertz CT molecular complexity index is 252. The summed E-state index contributed by atoms with van der Waals surface area (Å²) in [6, 6.07) is -2.69. The average Bonchev–Trinajstić information content (AvgIpc) is 2.28. The molecule has 0 aliphatic heterocycles. The molecule has 0 bridgehead atoms. The molecule has 9 heteroatoms. The highest BCUT2D eigenvalue weighted by Crippen LogP contribution is 2.22. The number of aliphatic hydroxyl groups is 4. The number of aliphatic hydroxyl groups excluding tert-OH is 4. The number of nitrogens with zero attached hydrogens (tertiary/aromatic N) is 2. The highest BCUT2D eigenvalue weighted by atomic mass is 31.0. The van der Waals surface area contributed by atoms with Crippen molar-refractivity contribution in [2.24, 2.45) is 10.4 Å². The van der Waals surface area contributed by atoms with Crippen LogP contribution in [0, 0.1) is 9.81 Å². The third kappa shape index (κ3) is 4.29. The van der Waals surface area contributed by atoms with E-state index in [2.05, 4.69) is 19.6 Å². The lowest BCUT2D eigenvalue weighted by atomic mass is 9.95. The Morgan fingerprint density at radius 1 is 0.833 bits per heavy atom. The molecule has 7 unspecified atom stereocenters. The van der Waals surface area contributed by atoms with Gasteiger partial charge in [-0.1, -0.05) is 10.4 Å². The minimum atomic E-state index is -1.48. The van der Waals surface area contributed by atoms with Gasteiger partial charge in [0.2, 0.25) is 0 Å². The van der Waals surface area contributed by atoms with E-state index in [4.69, 9.17) is 0 Å². The summed E-state index contributed by atoms with van der Waals surface area (Å²) in [6.07, 6.45) is -5.38. The molecule has 0 saturated carbocycles. The summed E-state index contributed by atoms with van der Waals surface area (Å²) in [5.41, 5.74) is -1.04. The Morgan fingerprint density at radius 3 is 1.28 bits per heavy atom. The van der Waals surface area contributed by atoms with Crippen LogP contribution in [0.1, 0.15) is 13.8 Å². The minimum Gasteiger partial charge on any atom is -0.391 e. The summed E-state index contributed by atoms with van der Waals surface area (Å²) < 4.78 is 0. The van der Waals surface area contributed by atoms with Crippen molar-refractivity contribution in [2.45, 2.75) is 56.0 Å². The van der Waals surface area contributed by atoms with E-state index in [1.54, 1.807) is 0 Å². The third-order valence-electron chi connectivity index (χ3n) is 2.72. The maximum atomic E-state index is 10.5. The van der Waals surface area contributed by atoms with Crippen LogP contribution in [0.25, 0.3) is 0 Å². The van der Waals surface area contributed by atoms with Gasteiger partial charge in [-0.05, 0) is 13.8 Å². The number of hydrogen-bond acceptors (Lipinski definition) is 8. The van der Waals surface area contributed by atoms with Gasteiger partial charge in [-0.25, -0.2) is 0 Å². The van der Waals surface area contributed by atoms with Crippen LogP contribution in [0.3, 0.4) is 0 Å². The van der Waals surface area contributed by atoms with Gasteiger partial charge in [0, 0.05) is 5.66 Å². The van der Waals surface area contributed by atoms with Gasteiger partial charge >= 0.3 is 0 Å². The van der Waals surface area contributed by atoms with Crippen LogP contribution in [-0.2, 0) is 0 Å². The van der Waals surface area contributed by atoms with E-state index in [-0.39, 0.29) is 0 Å². The molecule has 0 spiro atoms. The molecule has 8 nitrogen and oxygen atoms in total. The van der Waals surface area contributed by atoms with Crippen LogP contribution in [0.5, 0.6) is 0 Å². The summed E-state index contributed by atoms with van der Waals surface area (Å²) in [4.78, 5) is 21.0. The Kier molecular flexibility index (Phi) is 7.58. The fraction of sp³-hybridized carbons (Fsp3) is 1.00. The van der Waals surface area contributed by atoms with Crippen LogP contribution >= 0.6 is 9.24 Å². The largest absolute Gasteiger partial charge is 0.391 e. The second kappa shape index (κ2) is 7.81. The van der Waals surface area contributed by atoms with E-state index in [0.29, 0.717) is 0 Å². The summed E-state index contributed by atoms with van der Waals surface area (Å²) in [5, 5.41) is 43.2. The van der Waals surface area contributed by atoms with E-state index in [1.165, 1.54) is 13.8 Å². The zero-order valence-corrected chi connectivity index (χ0v) is 11.3. The van der Waals surface area contributed by atoms with Crippen molar-refractivity contribution in [2.75, 3.05) is 0 Å². The van der Waals surface area contributed by atoms with Crippen molar-refractivity contribution in [3.8, 4) is 0 Å². The lowest BCUT2D eigenvalue weighted by Gasteiger charge is -2.30. The van der Waals surface area contributed by atoms with Gasteiger partial charge in [0.25, 0.3) is 0 Å². The van der Waals surface area contributed by atoms with Crippen molar-refractivity contribution in [1.29, 1.82) is 0 Å². The first-order valence-corrected chi connectivity index (χ1v) is 6.07. The van der Waals surface area contributed by atoms with Crippen LogP contribution in [0.4, 0.5) is 0 Å². The van der Waals surface area contributed by atoms with Crippen molar-refractivity contribution < 1.29 is 20.4 Å². The summed E-state index contributed by atoms with van der Waals surface area (Å²) in [7, 11) is 2.05. The van der Waals surface area contributed by atoms with E-state index < -0.39 is 42.2 Å². The molecule has 7 atom stereocenters. The minimum absolute atomic E-state index is 1.04. The molecular formula is C9H19N2O6P. The second-order valence-corrected chi connectivity index (χ2v) is 5.00. The molecule has 0 heterocycles. The topological polar surface area (TPSA) is 140 Å². The molecule has 0 rings (SSSR count). The Balaban J connectivity index is 4.85. The second-order valence-electron chi connectivity index (χ2n) is 4.23. The highest BCUT2D eigenvalue weighted by molar-refractivity contribution is 7.17. The van der Waals surface area contributed by atoms with Gasteiger partial charge < -0.3 is 20.4 Å². The zero-order chi connectivity index (χ0) is 14.5. The molecule has 0 aliphatic rings. The van der Waals surface area contributed by atoms with Gasteiger partial charge in [0.1, 0.15) is 12.1 Å². The average molecular weight is 282 g/mol.